The third-order valence-corrected chi connectivity index (χ3v) is 3.76. The van der Waals surface area contributed by atoms with E-state index in [1.165, 1.54) is 17.7 Å². The van der Waals surface area contributed by atoms with Crippen molar-refractivity contribution >= 4 is 17.3 Å². The zero-order valence-corrected chi connectivity index (χ0v) is 14.4. The molecule has 0 atom stereocenters. The fourth-order valence-corrected chi connectivity index (χ4v) is 2.58. The van der Waals surface area contributed by atoms with Gasteiger partial charge < -0.3 is 10.6 Å². The minimum Gasteiger partial charge on any atom is -0.370 e. The van der Waals surface area contributed by atoms with Crippen LogP contribution in [0.25, 0.3) is 0 Å². The highest BCUT2D eigenvalue weighted by Crippen LogP contribution is 2.18. The molecule has 0 saturated heterocycles. The zero-order chi connectivity index (χ0) is 17.6. The molecule has 0 radical (unpaired) electrons. The Bertz CT molecular complexity index is 847. The summed E-state index contributed by atoms with van der Waals surface area (Å²) in [5.41, 5.74) is 3.27. The van der Waals surface area contributed by atoms with Crippen molar-refractivity contribution in [3.8, 4) is 0 Å². The second kappa shape index (κ2) is 7.75. The van der Waals surface area contributed by atoms with Crippen molar-refractivity contribution in [3.63, 3.8) is 0 Å². The number of nitrogens with zero attached hydrogens (tertiary/aromatic N) is 2. The Morgan fingerprint density at radius 3 is 2.44 bits per heavy atom. The smallest absolute Gasteiger partial charge is 0.136 e. The molecule has 0 unspecified atom stereocenters. The second-order valence-electron chi connectivity index (χ2n) is 5.98. The van der Waals surface area contributed by atoms with Crippen LogP contribution < -0.4 is 10.6 Å². The molecule has 5 heteroatoms. The lowest BCUT2D eigenvalue weighted by Crippen LogP contribution is -2.08. The lowest BCUT2D eigenvalue weighted by Gasteiger charge is -2.11. The maximum absolute atomic E-state index is 12.9. The minimum absolute atomic E-state index is 0.213. The number of rotatable bonds is 6. The van der Waals surface area contributed by atoms with Crippen molar-refractivity contribution in [2.45, 2.75) is 20.3 Å². The average Bonchev–Trinajstić information content (AvgIpc) is 2.56. The van der Waals surface area contributed by atoms with Crippen molar-refractivity contribution in [3.05, 3.63) is 77.4 Å². The van der Waals surface area contributed by atoms with Crippen LogP contribution in [0.3, 0.4) is 0 Å². The van der Waals surface area contributed by atoms with Crippen molar-refractivity contribution in [2.75, 3.05) is 17.2 Å². The SMILES string of the molecule is Cc1cccc(Nc2cc(NCCc3ccc(F)cc3)nc(C)n2)c1. The first kappa shape index (κ1) is 16.9. The van der Waals surface area contributed by atoms with Crippen molar-refractivity contribution < 1.29 is 4.39 Å². The van der Waals surface area contributed by atoms with Crippen molar-refractivity contribution in [1.29, 1.82) is 0 Å². The predicted octanol–water partition coefficient (Wildman–Crippen LogP) is 4.63. The molecule has 128 valence electrons. The molecule has 0 saturated carbocycles. The Hall–Kier alpha value is -2.95. The number of halogens is 1. The highest BCUT2D eigenvalue weighted by atomic mass is 19.1. The predicted molar refractivity (Wildman–Crippen MR) is 99.8 cm³/mol. The monoisotopic (exact) mass is 336 g/mol. The van der Waals surface area contributed by atoms with Crippen LogP contribution in [-0.2, 0) is 6.42 Å². The van der Waals surface area contributed by atoms with Gasteiger partial charge in [0.05, 0.1) is 0 Å². The summed E-state index contributed by atoms with van der Waals surface area (Å²) in [6, 6.07) is 16.6. The highest BCUT2D eigenvalue weighted by molar-refractivity contribution is 5.59. The van der Waals surface area contributed by atoms with E-state index in [9.17, 15) is 4.39 Å². The number of aryl methyl sites for hydroxylation is 2. The first-order valence-electron chi connectivity index (χ1n) is 8.26. The van der Waals surface area contributed by atoms with Gasteiger partial charge in [-0.05, 0) is 55.7 Å². The van der Waals surface area contributed by atoms with Gasteiger partial charge in [-0.2, -0.15) is 0 Å². The fraction of sp³-hybridized carbons (Fsp3) is 0.200. The molecule has 0 amide bonds. The van der Waals surface area contributed by atoms with Gasteiger partial charge in [0.1, 0.15) is 23.3 Å². The third kappa shape index (κ3) is 5.01. The Morgan fingerprint density at radius 1 is 0.920 bits per heavy atom. The van der Waals surface area contributed by atoms with Gasteiger partial charge >= 0.3 is 0 Å². The van der Waals surface area contributed by atoms with E-state index < -0.39 is 0 Å². The van der Waals surface area contributed by atoms with E-state index in [-0.39, 0.29) is 5.82 Å². The van der Waals surface area contributed by atoms with Crippen LogP contribution in [-0.4, -0.2) is 16.5 Å². The maximum Gasteiger partial charge on any atom is 0.136 e. The van der Waals surface area contributed by atoms with Crippen LogP contribution in [0.2, 0.25) is 0 Å². The van der Waals surface area contributed by atoms with E-state index in [1.54, 1.807) is 12.1 Å². The van der Waals surface area contributed by atoms with Gasteiger partial charge in [0.2, 0.25) is 0 Å². The molecule has 0 aliphatic carbocycles. The summed E-state index contributed by atoms with van der Waals surface area (Å²) >= 11 is 0. The number of hydrogen-bond acceptors (Lipinski definition) is 4. The van der Waals surface area contributed by atoms with E-state index in [0.29, 0.717) is 12.4 Å². The standard InChI is InChI=1S/C20H21FN4/c1-14-4-3-5-18(12-14)25-20-13-19(23-15(2)24-20)22-11-10-16-6-8-17(21)9-7-16/h3-9,12-13H,10-11H2,1-2H3,(H2,22,23,24,25). The molecule has 4 nitrogen and oxygen atoms in total. The third-order valence-electron chi connectivity index (χ3n) is 3.76. The Morgan fingerprint density at radius 2 is 1.68 bits per heavy atom. The summed E-state index contributed by atoms with van der Waals surface area (Å²) in [7, 11) is 0. The molecule has 2 N–H and O–H groups in total. The van der Waals surface area contributed by atoms with Crippen LogP contribution in [0, 0.1) is 19.7 Å². The first-order valence-corrected chi connectivity index (χ1v) is 8.26. The molecule has 2 aromatic carbocycles. The molecule has 0 bridgehead atoms. The zero-order valence-electron chi connectivity index (χ0n) is 14.4. The van der Waals surface area contributed by atoms with Crippen LogP contribution in [0.1, 0.15) is 17.0 Å². The molecule has 3 aromatic rings. The van der Waals surface area contributed by atoms with Gasteiger partial charge in [-0.1, -0.05) is 24.3 Å². The molecule has 3 rings (SSSR count). The number of benzene rings is 2. The molecular weight excluding hydrogens is 315 g/mol. The quantitative estimate of drug-likeness (QED) is 0.689. The molecule has 0 spiro atoms. The van der Waals surface area contributed by atoms with Gasteiger partial charge in [0.25, 0.3) is 0 Å². The topological polar surface area (TPSA) is 49.8 Å². The number of aromatic nitrogens is 2. The van der Waals surface area contributed by atoms with Gasteiger partial charge in [-0.3, -0.25) is 0 Å². The summed E-state index contributed by atoms with van der Waals surface area (Å²) in [5.74, 6) is 2.00. The van der Waals surface area contributed by atoms with Gasteiger partial charge in [-0.15, -0.1) is 0 Å². The normalized spacial score (nSPS) is 10.5. The molecule has 1 aromatic heterocycles. The van der Waals surface area contributed by atoms with Crippen LogP contribution in [0.4, 0.5) is 21.7 Å². The van der Waals surface area contributed by atoms with Crippen LogP contribution in [0.5, 0.6) is 0 Å². The lowest BCUT2D eigenvalue weighted by molar-refractivity contribution is 0.627. The average molecular weight is 336 g/mol. The number of anilines is 3. The largest absolute Gasteiger partial charge is 0.370 e. The van der Waals surface area contributed by atoms with E-state index in [4.69, 9.17) is 0 Å². The van der Waals surface area contributed by atoms with Gasteiger partial charge in [0, 0.05) is 18.3 Å². The Balaban J connectivity index is 1.63. The summed E-state index contributed by atoms with van der Waals surface area (Å²) in [4.78, 5) is 8.85. The molecule has 0 aliphatic rings. The number of nitrogens with one attached hydrogen (secondary N) is 2. The van der Waals surface area contributed by atoms with Crippen molar-refractivity contribution in [2.24, 2.45) is 0 Å². The molecule has 0 aliphatic heterocycles. The molecule has 0 fully saturated rings. The summed E-state index contributed by atoms with van der Waals surface area (Å²) in [6.07, 6.45) is 0.796. The number of hydrogen-bond donors (Lipinski definition) is 2. The minimum atomic E-state index is -0.213. The van der Waals surface area contributed by atoms with E-state index in [2.05, 4.69) is 39.7 Å². The molecule has 1 heterocycles. The van der Waals surface area contributed by atoms with E-state index in [1.807, 2.05) is 25.1 Å². The van der Waals surface area contributed by atoms with Crippen LogP contribution in [0.15, 0.2) is 54.6 Å². The summed E-state index contributed by atoms with van der Waals surface area (Å²) in [5, 5.41) is 6.61. The van der Waals surface area contributed by atoms with Crippen LogP contribution >= 0.6 is 0 Å². The lowest BCUT2D eigenvalue weighted by atomic mass is 10.1. The highest BCUT2D eigenvalue weighted by Gasteiger charge is 2.03. The molecule has 25 heavy (non-hydrogen) atoms. The van der Waals surface area contributed by atoms with Gasteiger partial charge in [0.15, 0.2) is 0 Å². The van der Waals surface area contributed by atoms with Gasteiger partial charge in [-0.25, -0.2) is 14.4 Å². The fourth-order valence-electron chi connectivity index (χ4n) is 2.58. The van der Waals surface area contributed by atoms with Crippen molar-refractivity contribution in [1.82, 2.24) is 9.97 Å². The first-order chi connectivity index (χ1) is 12.1. The Kier molecular flexibility index (Phi) is 5.23. The summed E-state index contributed by atoms with van der Waals surface area (Å²) in [6.45, 7) is 4.64. The van der Waals surface area contributed by atoms with E-state index >= 15 is 0 Å². The maximum atomic E-state index is 12.9. The second-order valence-corrected chi connectivity index (χ2v) is 5.98. The summed E-state index contributed by atoms with van der Waals surface area (Å²) < 4.78 is 12.9. The molecular formula is C20H21FN4. The Labute approximate surface area is 147 Å². The van der Waals surface area contributed by atoms with E-state index in [0.717, 1.165) is 29.3 Å².